The van der Waals surface area contributed by atoms with E-state index >= 15 is 0 Å². The Morgan fingerprint density at radius 2 is 2.11 bits per heavy atom. The summed E-state index contributed by atoms with van der Waals surface area (Å²) in [5.74, 6) is 1.28. The lowest BCUT2D eigenvalue weighted by Crippen LogP contribution is -2.64. The minimum absolute atomic E-state index is 0.0144. The summed E-state index contributed by atoms with van der Waals surface area (Å²) in [6, 6.07) is -0.612. The van der Waals surface area contributed by atoms with E-state index in [0.717, 1.165) is 6.42 Å². The van der Waals surface area contributed by atoms with Crippen LogP contribution < -0.4 is 5.32 Å². The van der Waals surface area contributed by atoms with Crippen LogP contribution in [0.2, 0.25) is 0 Å². The SMILES string of the molecule is CCC1NC(=O)C(CC)N(CC2(C)CCCS2)C1=O. The molecule has 4 nitrogen and oxygen atoms in total. The summed E-state index contributed by atoms with van der Waals surface area (Å²) in [6.45, 7) is 6.84. The molecule has 0 radical (unpaired) electrons. The third-order valence-corrected chi connectivity index (χ3v) is 5.70. The van der Waals surface area contributed by atoms with Crippen LogP contribution in [0.4, 0.5) is 0 Å². The van der Waals surface area contributed by atoms with E-state index in [2.05, 4.69) is 12.2 Å². The fourth-order valence-corrected chi connectivity index (χ4v) is 4.32. The van der Waals surface area contributed by atoms with E-state index in [1.165, 1.54) is 12.2 Å². The van der Waals surface area contributed by atoms with Gasteiger partial charge in [-0.05, 0) is 38.4 Å². The topological polar surface area (TPSA) is 49.4 Å². The fourth-order valence-electron chi connectivity index (χ4n) is 3.02. The molecular weight excluding hydrogens is 260 g/mol. The molecule has 3 unspecified atom stereocenters. The van der Waals surface area contributed by atoms with E-state index in [9.17, 15) is 9.59 Å². The standard InChI is InChI=1S/C14H24N2O2S/c1-4-10-13(18)16(11(5-2)12(17)15-10)9-14(3)7-6-8-19-14/h10-11H,4-9H2,1-3H3,(H,15,17). The zero-order valence-electron chi connectivity index (χ0n) is 12.1. The van der Waals surface area contributed by atoms with Gasteiger partial charge in [-0.1, -0.05) is 13.8 Å². The molecule has 2 amide bonds. The molecule has 0 spiro atoms. The number of carbonyl (C=O) groups excluding carboxylic acids is 2. The molecule has 0 aromatic carbocycles. The van der Waals surface area contributed by atoms with Crippen LogP contribution in [-0.4, -0.2) is 45.8 Å². The summed E-state index contributed by atoms with van der Waals surface area (Å²) in [5.41, 5.74) is 0. The lowest BCUT2D eigenvalue weighted by atomic mass is 9.98. The summed E-state index contributed by atoms with van der Waals surface area (Å²) >= 11 is 1.94. The van der Waals surface area contributed by atoms with Gasteiger partial charge in [-0.25, -0.2) is 0 Å². The second-order valence-electron chi connectivity index (χ2n) is 5.76. The van der Waals surface area contributed by atoms with E-state index < -0.39 is 0 Å². The normalized spacial score (nSPS) is 35.6. The number of amides is 2. The van der Waals surface area contributed by atoms with Gasteiger partial charge in [0.05, 0.1) is 0 Å². The summed E-state index contributed by atoms with van der Waals surface area (Å²) in [6.07, 6.45) is 3.70. The van der Waals surface area contributed by atoms with Gasteiger partial charge in [0, 0.05) is 11.3 Å². The summed E-state index contributed by atoms with van der Waals surface area (Å²) in [4.78, 5) is 26.5. The van der Waals surface area contributed by atoms with Gasteiger partial charge in [0.25, 0.3) is 0 Å². The molecule has 2 heterocycles. The van der Waals surface area contributed by atoms with Crippen LogP contribution in [0.5, 0.6) is 0 Å². The number of nitrogens with zero attached hydrogens (tertiary/aromatic N) is 1. The van der Waals surface area contributed by atoms with Gasteiger partial charge in [-0.15, -0.1) is 0 Å². The predicted octanol–water partition coefficient (Wildman–Crippen LogP) is 1.79. The van der Waals surface area contributed by atoms with Crippen molar-refractivity contribution in [1.82, 2.24) is 10.2 Å². The Hall–Kier alpha value is -0.710. The maximum atomic E-state index is 12.5. The van der Waals surface area contributed by atoms with Gasteiger partial charge < -0.3 is 10.2 Å². The Kier molecular flexibility index (Phi) is 4.43. The van der Waals surface area contributed by atoms with Gasteiger partial charge in [-0.3, -0.25) is 9.59 Å². The zero-order chi connectivity index (χ0) is 14.0. The smallest absolute Gasteiger partial charge is 0.245 e. The number of rotatable bonds is 4. The van der Waals surface area contributed by atoms with E-state index in [1.54, 1.807) is 0 Å². The molecule has 3 atom stereocenters. The molecule has 0 aliphatic carbocycles. The molecule has 5 heteroatoms. The van der Waals surface area contributed by atoms with Gasteiger partial charge in [-0.2, -0.15) is 11.8 Å². The maximum Gasteiger partial charge on any atom is 0.245 e. The van der Waals surface area contributed by atoms with Gasteiger partial charge in [0.2, 0.25) is 11.8 Å². The first-order valence-electron chi connectivity index (χ1n) is 7.25. The van der Waals surface area contributed by atoms with Crippen molar-refractivity contribution in [1.29, 1.82) is 0 Å². The summed E-state index contributed by atoms with van der Waals surface area (Å²) < 4.78 is 0.124. The molecule has 0 saturated carbocycles. The minimum atomic E-state index is -0.328. The van der Waals surface area contributed by atoms with Crippen LogP contribution in [0.15, 0.2) is 0 Å². The zero-order valence-corrected chi connectivity index (χ0v) is 12.9. The molecule has 108 valence electrons. The molecule has 19 heavy (non-hydrogen) atoms. The second-order valence-corrected chi connectivity index (χ2v) is 7.44. The predicted molar refractivity (Wildman–Crippen MR) is 78.1 cm³/mol. The van der Waals surface area contributed by atoms with Gasteiger partial charge in [0.15, 0.2) is 0 Å². The summed E-state index contributed by atoms with van der Waals surface area (Å²) in [7, 11) is 0. The van der Waals surface area contributed by atoms with Crippen molar-refractivity contribution >= 4 is 23.6 Å². The highest BCUT2D eigenvalue weighted by Gasteiger charge is 2.42. The molecule has 0 aromatic heterocycles. The van der Waals surface area contributed by atoms with Crippen LogP contribution in [0.25, 0.3) is 0 Å². The lowest BCUT2D eigenvalue weighted by molar-refractivity contribution is -0.150. The van der Waals surface area contributed by atoms with E-state index in [0.29, 0.717) is 19.4 Å². The minimum Gasteiger partial charge on any atom is -0.343 e. The number of hydrogen-bond donors (Lipinski definition) is 1. The van der Waals surface area contributed by atoms with Crippen molar-refractivity contribution in [3.63, 3.8) is 0 Å². The first-order chi connectivity index (χ1) is 9.00. The maximum absolute atomic E-state index is 12.5. The average molecular weight is 284 g/mol. The Balaban J connectivity index is 2.17. The largest absolute Gasteiger partial charge is 0.343 e. The highest BCUT2D eigenvalue weighted by molar-refractivity contribution is 8.00. The molecule has 2 saturated heterocycles. The Labute approximate surface area is 119 Å². The van der Waals surface area contributed by atoms with Crippen LogP contribution in [0, 0.1) is 0 Å². The van der Waals surface area contributed by atoms with Crippen LogP contribution in [-0.2, 0) is 9.59 Å². The van der Waals surface area contributed by atoms with Crippen LogP contribution in [0.3, 0.4) is 0 Å². The highest BCUT2D eigenvalue weighted by atomic mass is 32.2. The molecule has 1 N–H and O–H groups in total. The lowest BCUT2D eigenvalue weighted by Gasteiger charge is -2.42. The van der Waals surface area contributed by atoms with Crippen molar-refractivity contribution < 1.29 is 9.59 Å². The molecule has 2 aliphatic rings. The number of carbonyl (C=O) groups is 2. The van der Waals surface area contributed by atoms with Crippen molar-refractivity contribution in [2.75, 3.05) is 12.3 Å². The quantitative estimate of drug-likeness (QED) is 0.856. The third-order valence-electron chi connectivity index (χ3n) is 4.18. The molecule has 2 rings (SSSR count). The number of nitrogens with one attached hydrogen (secondary N) is 1. The third kappa shape index (κ3) is 2.91. The van der Waals surface area contributed by atoms with Crippen molar-refractivity contribution in [3.8, 4) is 0 Å². The number of hydrogen-bond acceptors (Lipinski definition) is 3. The molecule has 2 aliphatic heterocycles. The van der Waals surface area contributed by atoms with E-state index in [1.807, 2.05) is 30.5 Å². The van der Waals surface area contributed by atoms with Crippen molar-refractivity contribution in [3.05, 3.63) is 0 Å². The van der Waals surface area contributed by atoms with E-state index in [-0.39, 0.29) is 28.6 Å². The monoisotopic (exact) mass is 284 g/mol. The van der Waals surface area contributed by atoms with E-state index in [4.69, 9.17) is 0 Å². The molecule has 0 aromatic rings. The fraction of sp³-hybridized carbons (Fsp3) is 0.857. The van der Waals surface area contributed by atoms with Crippen molar-refractivity contribution in [2.24, 2.45) is 0 Å². The summed E-state index contributed by atoms with van der Waals surface area (Å²) in [5, 5.41) is 2.85. The first-order valence-corrected chi connectivity index (χ1v) is 8.24. The number of thioether (sulfide) groups is 1. The average Bonchev–Trinajstić information content (AvgIpc) is 2.80. The number of piperazine rings is 1. The molecule has 0 bridgehead atoms. The Morgan fingerprint density at radius 1 is 1.37 bits per heavy atom. The molecular formula is C14H24N2O2S. The van der Waals surface area contributed by atoms with Crippen LogP contribution in [0.1, 0.15) is 46.5 Å². The van der Waals surface area contributed by atoms with Crippen molar-refractivity contribution in [2.45, 2.75) is 63.3 Å². The molecule has 2 fully saturated rings. The van der Waals surface area contributed by atoms with Gasteiger partial charge >= 0.3 is 0 Å². The Morgan fingerprint density at radius 3 is 2.63 bits per heavy atom. The Bertz CT molecular complexity index is 366. The second kappa shape index (κ2) is 5.73. The van der Waals surface area contributed by atoms with Gasteiger partial charge in [0.1, 0.15) is 12.1 Å². The van der Waals surface area contributed by atoms with Crippen LogP contribution >= 0.6 is 11.8 Å². The highest BCUT2D eigenvalue weighted by Crippen LogP contribution is 2.39. The first kappa shape index (κ1) is 14.7.